The van der Waals surface area contributed by atoms with E-state index < -0.39 is 0 Å². The normalized spacial score (nSPS) is 10.7. The first-order valence-corrected chi connectivity index (χ1v) is 8.18. The number of halogens is 1. The molecule has 0 radical (unpaired) electrons. The Bertz CT molecular complexity index is 774. The highest BCUT2D eigenvalue weighted by Gasteiger charge is 2.10. The molecule has 0 aliphatic carbocycles. The van der Waals surface area contributed by atoms with Crippen LogP contribution in [0.1, 0.15) is 5.56 Å². The average Bonchev–Trinajstić information content (AvgIpc) is 3.04. The molecule has 0 aliphatic rings. The molecule has 0 aliphatic heterocycles. The second-order valence-electron chi connectivity index (χ2n) is 4.89. The number of hydrogen-bond acceptors (Lipinski definition) is 4. The number of nitrogens with one attached hydrogen (secondary N) is 1. The van der Waals surface area contributed by atoms with Gasteiger partial charge < -0.3 is 4.74 Å². The summed E-state index contributed by atoms with van der Waals surface area (Å²) in [6.45, 7) is 0. The summed E-state index contributed by atoms with van der Waals surface area (Å²) in [5.41, 5.74) is 1.66. The first-order chi connectivity index (χ1) is 11.3. The van der Waals surface area contributed by atoms with Crippen molar-refractivity contribution in [2.75, 3.05) is 12.9 Å². The summed E-state index contributed by atoms with van der Waals surface area (Å²) in [5, 5.41) is 7.54. The number of ether oxygens (including phenoxy) is 1. The van der Waals surface area contributed by atoms with Crippen LogP contribution in [0.25, 0.3) is 11.4 Å². The molecule has 1 N–H and O–H groups in total. The third-order valence-corrected chi connectivity index (χ3v) is 4.22. The fourth-order valence-corrected chi connectivity index (χ4v) is 2.92. The van der Waals surface area contributed by atoms with E-state index >= 15 is 0 Å². The number of aromatic amines is 1. The van der Waals surface area contributed by atoms with Gasteiger partial charge in [0.1, 0.15) is 11.6 Å². The lowest BCUT2D eigenvalue weighted by molar-refractivity contribution is 0.414. The lowest BCUT2D eigenvalue weighted by Crippen LogP contribution is -1.90. The maximum Gasteiger partial charge on any atom is 0.208 e. The van der Waals surface area contributed by atoms with Crippen molar-refractivity contribution in [2.24, 2.45) is 0 Å². The fourth-order valence-electron chi connectivity index (χ4n) is 2.14. The molecule has 118 valence electrons. The van der Waals surface area contributed by atoms with E-state index in [1.54, 1.807) is 25.3 Å². The molecular formula is C17H16FN3OS. The Morgan fingerprint density at radius 1 is 1.13 bits per heavy atom. The summed E-state index contributed by atoms with van der Waals surface area (Å²) in [4.78, 5) is 4.34. The number of thioether (sulfide) groups is 1. The van der Waals surface area contributed by atoms with Crippen LogP contribution in [0.15, 0.2) is 53.7 Å². The van der Waals surface area contributed by atoms with Crippen molar-refractivity contribution in [3.63, 3.8) is 0 Å². The van der Waals surface area contributed by atoms with Gasteiger partial charge in [-0.3, -0.25) is 5.10 Å². The molecule has 4 nitrogen and oxygen atoms in total. The Hall–Kier alpha value is -2.34. The Kier molecular flexibility index (Phi) is 4.92. The van der Waals surface area contributed by atoms with Crippen LogP contribution in [-0.4, -0.2) is 28.0 Å². The van der Waals surface area contributed by atoms with Crippen LogP contribution >= 0.6 is 11.8 Å². The first kappa shape index (κ1) is 15.6. The van der Waals surface area contributed by atoms with Crippen molar-refractivity contribution in [1.29, 1.82) is 0 Å². The quantitative estimate of drug-likeness (QED) is 0.696. The Labute approximate surface area is 138 Å². The van der Waals surface area contributed by atoms with Crippen LogP contribution in [0.3, 0.4) is 0 Å². The van der Waals surface area contributed by atoms with E-state index in [2.05, 4.69) is 15.2 Å². The Morgan fingerprint density at radius 2 is 1.91 bits per heavy atom. The van der Waals surface area contributed by atoms with E-state index in [0.717, 1.165) is 17.9 Å². The van der Waals surface area contributed by atoms with E-state index in [0.29, 0.717) is 16.5 Å². The first-order valence-electron chi connectivity index (χ1n) is 7.19. The van der Waals surface area contributed by atoms with Crippen LogP contribution in [0.2, 0.25) is 0 Å². The minimum Gasteiger partial charge on any atom is -0.497 e. The van der Waals surface area contributed by atoms with Crippen molar-refractivity contribution in [2.45, 2.75) is 11.6 Å². The summed E-state index contributed by atoms with van der Waals surface area (Å²) in [5.74, 6) is 1.85. The number of nitrogens with zero attached hydrogens (tertiary/aromatic N) is 2. The molecule has 0 spiro atoms. The van der Waals surface area contributed by atoms with E-state index in [9.17, 15) is 4.39 Å². The van der Waals surface area contributed by atoms with Crippen LogP contribution < -0.4 is 4.74 Å². The van der Waals surface area contributed by atoms with Gasteiger partial charge in [0.05, 0.1) is 12.7 Å². The van der Waals surface area contributed by atoms with Gasteiger partial charge in [0.25, 0.3) is 0 Å². The number of hydrogen-bond donors (Lipinski definition) is 1. The highest BCUT2D eigenvalue weighted by atomic mass is 32.2. The Morgan fingerprint density at radius 3 is 2.65 bits per heavy atom. The number of H-pyrrole nitrogens is 1. The SMILES string of the molecule is COc1ccc(CCSc2n[nH]c(-c3ccccc3F)n2)cc1. The molecule has 23 heavy (non-hydrogen) atoms. The topological polar surface area (TPSA) is 50.8 Å². The molecule has 0 saturated carbocycles. The minimum absolute atomic E-state index is 0.307. The second kappa shape index (κ2) is 7.28. The highest BCUT2D eigenvalue weighted by Crippen LogP contribution is 2.22. The molecule has 2 aromatic carbocycles. The zero-order valence-corrected chi connectivity index (χ0v) is 13.4. The fraction of sp³-hybridized carbons (Fsp3) is 0.176. The summed E-state index contributed by atoms with van der Waals surface area (Å²) >= 11 is 1.54. The molecule has 0 saturated heterocycles. The van der Waals surface area contributed by atoms with Crippen molar-refractivity contribution in [3.05, 3.63) is 59.9 Å². The van der Waals surface area contributed by atoms with Crippen molar-refractivity contribution in [3.8, 4) is 17.1 Å². The second-order valence-corrected chi connectivity index (χ2v) is 5.96. The largest absolute Gasteiger partial charge is 0.497 e. The van der Waals surface area contributed by atoms with E-state index in [4.69, 9.17) is 4.74 Å². The molecule has 0 amide bonds. The molecule has 6 heteroatoms. The summed E-state index contributed by atoms with van der Waals surface area (Å²) < 4.78 is 18.9. The number of benzene rings is 2. The van der Waals surface area contributed by atoms with Gasteiger partial charge >= 0.3 is 0 Å². The van der Waals surface area contributed by atoms with Gasteiger partial charge in [-0.2, -0.15) is 0 Å². The van der Waals surface area contributed by atoms with Crippen molar-refractivity contribution < 1.29 is 9.13 Å². The van der Waals surface area contributed by atoms with E-state index in [1.165, 1.54) is 23.4 Å². The molecule has 3 rings (SSSR count). The number of aromatic nitrogens is 3. The van der Waals surface area contributed by atoms with Gasteiger partial charge in [0.15, 0.2) is 5.82 Å². The monoisotopic (exact) mass is 329 g/mol. The van der Waals surface area contributed by atoms with Crippen molar-refractivity contribution >= 4 is 11.8 Å². The van der Waals surface area contributed by atoms with Gasteiger partial charge in [0.2, 0.25) is 5.16 Å². The zero-order valence-electron chi connectivity index (χ0n) is 12.6. The molecule has 0 atom stereocenters. The van der Waals surface area contributed by atoms with Crippen LogP contribution in [-0.2, 0) is 6.42 Å². The smallest absolute Gasteiger partial charge is 0.208 e. The van der Waals surface area contributed by atoms with Crippen molar-refractivity contribution in [1.82, 2.24) is 15.2 Å². The minimum atomic E-state index is -0.307. The van der Waals surface area contributed by atoms with Gasteiger partial charge in [-0.15, -0.1) is 5.10 Å². The number of rotatable bonds is 6. The van der Waals surface area contributed by atoms with Gasteiger partial charge in [0, 0.05) is 5.75 Å². The number of aryl methyl sites for hydroxylation is 1. The molecule has 0 fully saturated rings. The summed E-state index contributed by atoms with van der Waals surface area (Å²) in [6, 6.07) is 14.5. The molecular weight excluding hydrogens is 313 g/mol. The molecule has 0 bridgehead atoms. The number of methoxy groups -OCH3 is 1. The van der Waals surface area contributed by atoms with Crippen LogP contribution in [0.5, 0.6) is 5.75 Å². The third-order valence-electron chi connectivity index (χ3n) is 3.37. The molecule has 3 aromatic rings. The van der Waals surface area contributed by atoms with Crippen LogP contribution in [0, 0.1) is 5.82 Å². The third kappa shape index (κ3) is 3.90. The maximum atomic E-state index is 13.7. The van der Waals surface area contributed by atoms with Gasteiger partial charge in [-0.25, -0.2) is 9.37 Å². The molecule has 0 unspecified atom stereocenters. The standard InChI is InChI=1S/C17H16FN3OS/c1-22-13-8-6-12(7-9-13)10-11-23-17-19-16(20-21-17)14-4-2-3-5-15(14)18/h2-9H,10-11H2,1H3,(H,19,20,21). The van der Waals surface area contributed by atoms with E-state index in [1.807, 2.05) is 24.3 Å². The summed E-state index contributed by atoms with van der Waals surface area (Å²) in [7, 11) is 1.65. The average molecular weight is 329 g/mol. The maximum absolute atomic E-state index is 13.7. The summed E-state index contributed by atoms with van der Waals surface area (Å²) in [6.07, 6.45) is 0.901. The lowest BCUT2D eigenvalue weighted by atomic mass is 10.2. The Balaban J connectivity index is 1.58. The van der Waals surface area contributed by atoms with Crippen LogP contribution in [0.4, 0.5) is 4.39 Å². The molecule has 1 heterocycles. The van der Waals surface area contributed by atoms with E-state index in [-0.39, 0.29) is 5.82 Å². The molecule has 1 aromatic heterocycles. The van der Waals surface area contributed by atoms with Gasteiger partial charge in [-0.1, -0.05) is 36.0 Å². The predicted octanol–water partition coefficient (Wildman–Crippen LogP) is 3.95. The lowest BCUT2D eigenvalue weighted by Gasteiger charge is -2.02. The van der Waals surface area contributed by atoms with Gasteiger partial charge in [-0.05, 0) is 36.2 Å². The predicted molar refractivity (Wildman–Crippen MR) is 89.2 cm³/mol. The highest BCUT2D eigenvalue weighted by molar-refractivity contribution is 7.99. The zero-order chi connectivity index (χ0) is 16.1.